The first kappa shape index (κ1) is 13.3. The van der Waals surface area contributed by atoms with Gasteiger partial charge in [-0.15, -0.1) is 0 Å². The van der Waals surface area contributed by atoms with Gasteiger partial charge in [-0.3, -0.25) is 0 Å². The molecule has 4 nitrogen and oxygen atoms in total. The number of nitrogens with zero attached hydrogens (tertiary/aromatic N) is 1. The van der Waals surface area contributed by atoms with E-state index in [1.807, 2.05) is 0 Å². The highest BCUT2D eigenvalue weighted by molar-refractivity contribution is 7.89. The lowest BCUT2D eigenvalue weighted by molar-refractivity contribution is 0.154. The van der Waals surface area contributed by atoms with Crippen LogP contribution < -0.4 is 5.32 Å². The molecule has 1 N–H and O–H groups in total. The van der Waals surface area contributed by atoms with Crippen LogP contribution >= 0.6 is 0 Å². The molecule has 0 aliphatic carbocycles. The van der Waals surface area contributed by atoms with Crippen LogP contribution in [0.3, 0.4) is 0 Å². The molecule has 0 bridgehead atoms. The van der Waals surface area contributed by atoms with Crippen molar-refractivity contribution >= 4 is 10.0 Å². The molecule has 2 aliphatic heterocycles. The highest BCUT2D eigenvalue weighted by Crippen LogP contribution is 2.31. The molecule has 1 atom stereocenters. The van der Waals surface area contributed by atoms with Gasteiger partial charge in [-0.1, -0.05) is 13.8 Å². The second-order valence-corrected chi connectivity index (χ2v) is 8.07. The van der Waals surface area contributed by atoms with Gasteiger partial charge in [0.2, 0.25) is 10.0 Å². The van der Waals surface area contributed by atoms with Gasteiger partial charge in [0, 0.05) is 19.1 Å². The number of rotatable bonds is 2. The molecule has 0 aromatic heterocycles. The first-order chi connectivity index (χ1) is 7.92. The summed E-state index contributed by atoms with van der Waals surface area (Å²) in [7, 11) is -2.98. The first-order valence-electron chi connectivity index (χ1n) is 6.63. The maximum atomic E-state index is 12.0. The summed E-state index contributed by atoms with van der Waals surface area (Å²) in [5, 5.41) is 3.49. The van der Waals surface area contributed by atoms with Gasteiger partial charge in [-0.05, 0) is 37.6 Å². The van der Waals surface area contributed by atoms with Crippen molar-refractivity contribution in [3.8, 4) is 0 Å². The van der Waals surface area contributed by atoms with Crippen LogP contribution in [-0.4, -0.2) is 44.2 Å². The molecule has 17 heavy (non-hydrogen) atoms. The van der Waals surface area contributed by atoms with E-state index in [0.29, 0.717) is 24.9 Å². The van der Waals surface area contributed by atoms with Crippen LogP contribution in [0.15, 0.2) is 0 Å². The van der Waals surface area contributed by atoms with Crippen LogP contribution in [0.4, 0.5) is 0 Å². The van der Waals surface area contributed by atoms with Gasteiger partial charge in [-0.25, -0.2) is 12.7 Å². The van der Waals surface area contributed by atoms with E-state index in [1.54, 1.807) is 4.31 Å². The van der Waals surface area contributed by atoms with Gasteiger partial charge >= 0.3 is 0 Å². The van der Waals surface area contributed by atoms with Gasteiger partial charge in [-0.2, -0.15) is 0 Å². The Morgan fingerprint density at radius 1 is 1.29 bits per heavy atom. The molecule has 2 saturated heterocycles. The minimum atomic E-state index is -2.98. The molecule has 0 aromatic rings. The van der Waals surface area contributed by atoms with Gasteiger partial charge in [0.15, 0.2) is 0 Å². The smallest absolute Gasteiger partial charge is 0.214 e. The fourth-order valence-electron chi connectivity index (χ4n) is 2.83. The van der Waals surface area contributed by atoms with Gasteiger partial charge in [0.05, 0.1) is 5.75 Å². The zero-order chi connectivity index (χ0) is 12.5. The molecule has 5 heteroatoms. The fourth-order valence-corrected chi connectivity index (χ4v) is 4.44. The lowest BCUT2D eigenvalue weighted by Crippen LogP contribution is -2.54. The number of hydrogen-bond donors (Lipinski definition) is 1. The maximum absolute atomic E-state index is 12.0. The molecule has 100 valence electrons. The van der Waals surface area contributed by atoms with Crippen LogP contribution in [0, 0.1) is 5.41 Å². The van der Waals surface area contributed by atoms with Crippen molar-refractivity contribution in [2.24, 2.45) is 5.41 Å². The van der Waals surface area contributed by atoms with Crippen molar-refractivity contribution in [1.29, 1.82) is 0 Å². The molecule has 0 amide bonds. The third-order valence-electron chi connectivity index (χ3n) is 4.17. The van der Waals surface area contributed by atoms with Crippen LogP contribution in [0.5, 0.6) is 0 Å². The van der Waals surface area contributed by atoms with Crippen LogP contribution in [0.2, 0.25) is 0 Å². The molecule has 2 heterocycles. The van der Waals surface area contributed by atoms with Gasteiger partial charge in [0.25, 0.3) is 0 Å². The fraction of sp³-hybridized carbons (Fsp3) is 1.00. The average molecular weight is 260 g/mol. The lowest BCUT2D eigenvalue weighted by Gasteiger charge is -2.42. The molecule has 2 rings (SSSR count). The SMILES string of the molecule is CC1(C)CCCNC1CN1CCCCS1(=O)=O. The highest BCUT2D eigenvalue weighted by Gasteiger charge is 2.36. The molecule has 2 aliphatic rings. The Kier molecular flexibility index (Phi) is 3.80. The molecule has 0 aromatic carbocycles. The third-order valence-corrected chi connectivity index (χ3v) is 6.09. The van der Waals surface area contributed by atoms with Crippen molar-refractivity contribution in [3.05, 3.63) is 0 Å². The molecule has 0 saturated carbocycles. The molecule has 1 unspecified atom stereocenters. The number of hydrogen-bond acceptors (Lipinski definition) is 3. The van der Waals surface area contributed by atoms with Crippen LogP contribution in [-0.2, 0) is 10.0 Å². The van der Waals surface area contributed by atoms with E-state index in [1.165, 1.54) is 12.8 Å². The summed E-state index contributed by atoms with van der Waals surface area (Å²) in [6.45, 7) is 6.84. The average Bonchev–Trinajstić information content (AvgIpc) is 2.23. The van der Waals surface area contributed by atoms with Crippen molar-refractivity contribution in [1.82, 2.24) is 9.62 Å². The molecule has 0 spiro atoms. The Bertz CT molecular complexity index is 365. The van der Waals surface area contributed by atoms with E-state index in [-0.39, 0.29) is 5.41 Å². The largest absolute Gasteiger partial charge is 0.312 e. The zero-order valence-electron chi connectivity index (χ0n) is 10.9. The molecular formula is C12H24N2O2S. The minimum Gasteiger partial charge on any atom is -0.312 e. The molecule has 2 fully saturated rings. The number of nitrogens with one attached hydrogen (secondary N) is 1. The van der Waals surface area contributed by atoms with E-state index in [0.717, 1.165) is 19.4 Å². The van der Waals surface area contributed by atoms with E-state index >= 15 is 0 Å². The third kappa shape index (κ3) is 3.01. The van der Waals surface area contributed by atoms with Crippen molar-refractivity contribution in [2.75, 3.05) is 25.4 Å². The summed E-state index contributed by atoms with van der Waals surface area (Å²) in [5.41, 5.74) is 0.200. The predicted octanol–water partition coefficient (Wildman–Crippen LogP) is 1.19. The summed E-state index contributed by atoms with van der Waals surface area (Å²) in [6.07, 6.45) is 4.20. The first-order valence-corrected chi connectivity index (χ1v) is 8.24. The summed E-state index contributed by atoms with van der Waals surface area (Å²) in [5.74, 6) is 0.333. The quantitative estimate of drug-likeness (QED) is 0.811. The predicted molar refractivity (Wildman–Crippen MR) is 69.4 cm³/mol. The second kappa shape index (κ2) is 4.86. The van der Waals surface area contributed by atoms with E-state index in [4.69, 9.17) is 0 Å². The maximum Gasteiger partial charge on any atom is 0.214 e. The van der Waals surface area contributed by atoms with E-state index in [9.17, 15) is 8.42 Å². The molecular weight excluding hydrogens is 236 g/mol. The number of piperidine rings is 1. The second-order valence-electron chi connectivity index (χ2n) is 5.98. The summed E-state index contributed by atoms with van der Waals surface area (Å²) < 4.78 is 25.6. The van der Waals surface area contributed by atoms with Crippen LogP contribution in [0.1, 0.15) is 39.5 Å². The Labute approximate surface area is 105 Å². The summed E-state index contributed by atoms with van der Waals surface area (Å²) in [6, 6.07) is 0.295. The van der Waals surface area contributed by atoms with Crippen molar-refractivity contribution in [2.45, 2.75) is 45.6 Å². The monoisotopic (exact) mass is 260 g/mol. The van der Waals surface area contributed by atoms with Gasteiger partial charge < -0.3 is 5.32 Å². The van der Waals surface area contributed by atoms with Crippen molar-refractivity contribution in [3.63, 3.8) is 0 Å². The minimum absolute atomic E-state index is 0.200. The Hall–Kier alpha value is -0.130. The number of sulfonamides is 1. The summed E-state index contributed by atoms with van der Waals surface area (Å²) >= 11 is 0. The van der Waals surface area contributed by atoms with E-state index in [2.05, 4.69) is 19.2 Å². The topological polar surface area (TPSA) is 49.4 Å². The van der Waals surface area contributed by atoms with Gasteiger partial charge in [0.1, 0.15) is 0 Å². The molecule has 0 radical (unpaired) electrons. The normalized spacial score (nSPS) is 33.4. The Balaban J connectivity index is 2.04. The summed E-state index contributed by atoms with van der Waals surface area (Å²) in [4.78, 5) is 0. The Morgan fingerprint density at radius 3 is 2.71 bits per heavy atom. The van der Waals surface area contributed by atoms with Crippen molar-refractivity contribution < 1.29 is 8.42 Å². The standard InChI is InChI=1S/C12H24N2O2S/c1-12(2)6-5-7-13-11(12)10-14-8-3-4-9-17(14,15)16/h11,13H,3-10H2,1-2H3. The van der Waals surface area contributed by atoms with E-state index < -0.39 is 10.0 Å². The lowest BCUT2D eigenvalue weighted by atomic mass is 9.77. The van der Waals surface area contributed by atoms with Crippen LogP contribution in [0.25, 0.3) is 0 Å². The zero-order valence-corrected chi connectivity index (χ0v) is 11.7. The highest BCUT2D eigenvalue weighted by atomic mass is 32.2. The Morgan fingerprint density at radius 2 is 2.06 bits per heavy atom.